The van der Waals surface area contributed by atoms with Gasteiger partial charge in [0.15, 0.2) is 6.61 Å². The Balaban J connectivity index is 2.00. The van der Waals surface area contributed by atoms with Gasteiger partial charge >= 0.3 is 0 Å². The van der Waals surface area contributed by atoms with Crippen molar-refractivity contribution >= 4 is 21.6 Å². The third-order valence-electron chi connectivity index (χ3n) is 2.81. The van der Waals surface area contributed by atoms with Gasteiger partial charge in [-0.25, -0.2) is 0 Å². The van der Waals surface area contributed by atoms with Crippen LogP contribution in [0.25, 0.3) is 0 Å². The van der Waals surface area contributed by atoms with Crippen LogP contribution in [0, 0.1) is 22.7 Å². The van der Waals surface area contributed by atoms with Crippen LogP contribution < -0.4 is 10.1 Å². The summed E-state index contributed by atoms with van der Waals surface area (Å²) >= 11 is 3.35. The van der Waals surface area contributed by atoms with Gasteiger partial charge in [0.1, 0.15) is 17.9 Å². The monoisotopic (exact) mass is 341 g/mol. The Morgan fingerprint density at radius 1 is 1.10 bits per heavy atom. The maximum atomic E-state index is 9.11. The van der Waals surface area contributed by atoms with Gasteiger partial charge in [0, 0.05) is 11.0 Å². The average molecular weight is 342 g/mol. The first-order valence-corrected chi connectivity index (χ1v) is 7.04. The SMILES string of the molecule is N#CCOc1ccc(CNc2ccc(Br)cc2C#N)cc1. The lowest BCUT2D eigenvalue weighted by atomic mass is 10.1. The van der Waals surface area contributed by atoms with E-state index in [9.17, 15) is 0 Å². The quantitative estimate of drug-likeness (QED) is 0.896. The predicted molar refractivity (Wildman–Crippen MR) is 83.7 cm³/mol. The number of benzene rings is 2. The lowest BCUT2D eigenvalue weighted by Crippen LogP contribution is -2.01. The average Bonchev–Trinajstić information content (AvgIpc) is 2.52. The van der Waals surface area contributed by atoms with E-state index in [-0.39, 0.29) is 6.61 Å². The number of nitrogens with one attached hydrogen (secondary N) is 1. The number of hydrogen-bond donors (Lipinski definition) is 1. The van der Waals surface area contributed by atoms with Crippen molar-refractivity contribution in [1.82, 2.24) is 0 Å². The van der Waals surface area contributed by atoms with E-state index >= 15 is 0 Å². The largest absolute Gasteiger partial charge is 0.479 e. The molecule has 0 unspecified atom stereocenters. The van der Waals surface area contributed by atoms with Crippen molar-refractivity contribution in [2.75, 3.05) is 11.9 Å². The van der Waals surface area contributed by atoms with Crippen LogP contribution in [-0.2, 0) is 6.54 Å². The Morgan fingerprint density at radius 2 is 1.86 bits per heavy atom. The molecule has 104 valence electrons. The van der Waals surface area contributed by atoms with Crippen LogP contribution in [0.3, 0.4) is 0 Å². The highest BCUT2D eigenvalue weighted by Gasteiger charge is 2.02. The van der Waals surface area contributed by atoms with Crippen LogP contribution in [0.1, 0.15) is 11.1 Å². The maximum Gasteiger partial charge on any atom is 0.174 e. The number of halogens is 1. The van der Waals surface area contributed by atoms with Crippen LogP contribution in [-0.4, -0.2) is 6.61 Å². The summed E-state index contributed by atoms with van der Waals surface area (Å²) < 4.78 is 6.07. The first-order valence-electron chi connectivity index (χ1n) is 6.25. The zero-order valence-electron chi connectivity index (χ0n) is 11.1. The van der Waals surface area contributed by atoms with Crippen LogP contribution in [0.5, 0.6) is 5.75 Å². The van der Waals surface area contributed by atoms with E-state index in [1.807, 2.05) is 42.5 Å². The van der Waals surface area contributed by atoms with E-state index < -0.39 is 0 Å². The lowest BCUT2D eigenvalue weighted by molar-refractivity contribution is 0.368. The van der Waals surface area contributed by atoms with Crippen LogP contribution in [0.2, 0.25) is 0 Å². The second kappa shape index (κ2) is 7.33. The summed E-state index contributed by atoms with van der Waals surface area (Å²) in [6, 6.07) is 17.1. The fourth-order valence-electron chi connectivity index (χ4n) is 1.78. The number of nitrogens with zero attached hydrogens (tertiary/aromatic N) is 2. The normalized spacial score (nSPS) is 9.48. The third-order valence-corrected chi connectivity index (χ3v) is 3.31. The van der Waals surface area contributed by atoms with Crippen molar-refractivity contribution in [3.8, 4) is 17.9 Å². The van der Waals surface area contributed by atoms with E-state index in [0.29, 0.717) is 17.9 Å². The minimum absolute atomic E-state index is 0.0437. The molecule has 0 radical (unpaired) electrons. The zero-order valence-corrected chi connectivity index (χ0v) is 12.7. The van der Waals surface area contributed by atoms with Gasteiger partial charge in [-0.15, -0.1) is 0 Å². The number of ether oxygens (including phenoxy) is 1. The Morgan fingerprint density at radius 3 is 2.52 bits per heavy atom. The van der Waals surface area contributed by atoms with Crippen LogP contribution in [0.15, 0.2) is 46.9 Å². The molecule has 0 aliphatic rings. The molecule has 4 nitrogen and oxygen atoms in total. The Labute approximate surface area is 131 Å². The molecule has 0 fully saturated rings. The van der Waals surface area contributed by atoms with Crippen LogP contribution in [0.4, 0.5) is 5.69 Å². The second-order valence-corrected chi connectivity index (χ2v) is 5.16. The molecule has 1 N–H and O–H groups in total. The number of rotatable bonds is 5. The zero-order chi connectivity index (χ0) is 15.1. The highest BCUT2D eigenvalue weighted by molar-refractivity contribution is 9.10. The van der Waals surface area contributed by atoms with Gasteiger partial charge in [0.2, 0.25) is 0 Å². The Hall–Kier alpha value is -2.50. The molecule has 2 rings (SSSR count). The van der Waals surface area contributed by atoms with Gasteiger partial charge in [-0.05, 0) is 35.9 Å². The molecule has 0 heterocycles. The van der Waals surface area contributed by atoms with Crippen molar-refractivity contribution in [3.63, 3.8) is 0 Å². The summed E-state index contributed by atoms with van der Waals surface area (Å²) in [7, 11) is 0. The summed E-state index contributed by atoms with van der Waals surface area (Å²) in [6.45, 7) is 0.650. The number of hydrogen-bond acceptors (Lipinski definition) is 4. The third kappa shape index (κ3) is 4.24. The molecule has 0 amide bonds. The van der Waals surface area contributed by atoms with E-state index in [1.54, 1.807) is 6.07 Å². The van der Waals surface area contributed by atoms with Gasteiger partial charge in [0.25, 0.3) is 0 Å². The molecule has 0 aliphatic heterocycles. The molecule has 0 spiro atoms. The molecular formula is C16H12BrN3O. The summed E-state index contributed by atoms with van der Waals surface area (Å²) in [4.78, 5) is 0. The summed E-state index contributed by atoms with van der Waals surface area (Å²) in [5, 5.41) is 20.8. The molecule has 2 aromatic rings. The molecule has 0 aliphatic carbocycles. The topological polar surface area (TPSA) is 68.8 Å². The van der Waals surface area contributed by atoms with E-state index in [2.05, 4.69) is 27.3 Å². The Bertz CT molecular complexity index is 699. The molecular weight excluding hydrogens is 330 g/mol. The summed E-state index contributed by atoms with van der Waals surface area (Å²) in [5.74, 6) is 0.668. The van der Waals surface area contributed by atoms with Gasteiger partial charge < -0.3 is 10.1 Å². The fraction of sp³-hybridized carbons (Fsp3) is 0.125. The van der Waals surface area contributed by atoms with Crippen molar-refractivity contribution in [2.45, 2.75) is 6.54 Å². The van der Waals surface area contributed by atoms with Crippen LogP contribution >= 0.6 is 15.9 Å². The van der Waals surface area contributed by atoms with Gasteiger partial charge in [-0.2, -0.15) is 10.5 Å². The standard InChI is InChI=1S/C16H12BrN3O/c17-14-3-6-16(13(9-14)10-19)20-11-12-1-4-15(5-2-12)21-8-7-18/h1-6,9,20H,8,11H2. The summed E-state index contributed by atoms with van der Waals surface area (Å²) in [6.07, 6.45) is 0. The molecule has 5 heteroatoms. The van der Waals surface area contributed by atoms with Gasteiger partial charge in [-0.3, -0.25) is 0 Å². The van der Waals surface area contributed by atoms with E-state index in [0.717, 1.165) is 15.7 Å². The molecule has 0 saturated heterocycles. The summed E-state index contributed by atoms with van der Waals surface area (Å²) in [5.41, 5.74) is 2.45. The van der Waals surface area contributed by atoms with Crippen molar-refractivity contribution in [1.29, 1.82) is 10.5 Å². The number of anilines is 1. The van der Waals surface area contributed by atoms with E-state index in [4.69, 9.17) is 15.3 Å². The fourth-order valence-corrected chi connectivity index (χ4v) is 2.14. The molecule has 0 saturated carbocycles. The number of nitriles is 2. The highest BCUT2D eigenvalue weighted by atomic mass is 79.9. The Kier molecular flexibility index (Phi) is 5.20. The molecule has 0 bridgehead atoms. The molecule has 21 heavy (non-hydrogen) atoms. The van der Waals surface area contributed by atoms with Crippen molar-refractivity contribution in [2.24, 2.45) is 0 Å². The van der Waals surface area contributed by atoms with Gasteiger partial charge in [-0.1, -0.05) is 28.1 Å². The van der Waals surface area contributed by atoms with Crippen molar-refractivity contribution < 1.29 is 4.74 Å². The lowest BCUT2D eigenvalue weighted by Gasteiger charge is -2.09. The predicted octanol–water partition coefficient (Wildman–Crippen LogP) is 3.84. The minimum Gasteiger partial charge on any atom is -0.479 e. The smallest absolute Gasteiger partial charge is 0.174 e. The maximum absolute atomic E-state index is 9.11. The first kappa shape index (κ1) is 14.9. The highest BCUT2D eigenvalue weighted by Crippen LogP contribution is 2.21. The minimum atomic E-state index is 0.0437. The molecule has 2 aromatic carbocycles. The van der Waals surface area contributed by atoms with E-state index in [1.165, 1.54) is 0 Å². The molecule has 0 aromatic heterocycles. The second-order valence-electron chi connectivity index (χ2n) is 4.25. The first-order chi connectivity index (χ1) is 10.2. The molecule has 0 atom stereocenters. The van der Waals surface area contributed by atoms with Crippen molar-refractivity contribution in [3.05, 3.63) is 58.1 Å². The van der Waals surface area contributed by atoms with Gasteiger partial charge in [0.05, 0.1) is 11.3 Å².